The molecular weight excluding hydrogens is 270 g/mol. The van der Waals surface area contributed by atoms with Crippen LogP contribution in [0.2, 0.25) is 0 Å². The lowest BCUT2D eigenvalue weighted by molar-refractivity contribution is 0.448. The molecule has 0 fully saturated rings. The van der Waals surface area contributed by atoms with Crippen molar-refractivity contribution >= 4 is 17.4 Å². The van der Waals surface area contributed by atoms with Crippen LogP contribution in [0.5, 0.6) is 11.5 Å². The summed E-state index contributed by atoms with van der Waals surface area (Å²) in [5.41, 5.74) is 2.83. The van der Waals surface area contributed by atoms with E-state index >= 15 is 0 Å². The second-order valence-electron chi connectivity index (χ2n) is 4.96. The number of hydrogen-bond donors (Lipinski definition) is 2. The Kier molecular flexibility index (Phi) is 4.14. The zero-order valence-electron chi connectivity index (χ0n) is 12.2. The summed E-state index contributed by atoms with van der Waals surface area (Å²) in [6.45, 7) is 7.46. The molecule has 0 bridgehead atoms. The first-order valence-corrected chi connectivity index (χ1v) is 7.33. The minimum Gasteiger partial charge on any atom is -0.507 e. The number of phenolic OH excluding ortho intramolecular Hbond substituents is 2. The minimum absolute atomic E-state index is 0.240. The molecule has 0 aliphatic rings. The summed E-state index contributed by atoms with van der Waals surface area (Å²) in [4.78, 5) is 5.49. The van der Waals surface area contributed by atoms with Crippen molar-refractivity contribution in [2.45, 2.75) is 34.1 Å². The molecule has 20 heavy (non-hydrogen) atoms. The van der Waals surface area contributed by atoms with Gasteiger partial charge in [0.15, 0.2) is 0 Å². The second kappa shape index (κ2) is 5.67. The fraction of sp³-hybridized carbons (Fsp3) is 0.312. The smallest absolute Gasteiger partial charge is 0.126 e. The topological polar surface area (TPSA) is 53.4 Å². The van der Waals surface area contributed by atoms with Gasteiger partial charge in [0.1, 0.15) is 11.5 Å². The van der Waals surface area contributed by atoms with Crippen LogP contribution in [0, 0.1) is 27.7 Å². The van der Waals surface area contributed by atoms with E-state index in [1.807, 2.05) is 46.0 Å². The van der Waals surface area contributed by atoms with Gasteiger partial charge in [-0.2, -0.15) is 0 Å². The quantitative estimate of drug-likeness (QED) is 0.838. The third-order valence-corrected chi connectivity index (χ3v) is 4.47. The fourth-order valence-electron chi connectivity index (χ4n) is 2.12. The van der Waals surface area contributed by atoms with Gasteiger partial charge < -0.3 is 10.2 Å². The zero-order chi connectivity index (χ0) is 14.9. The summed E-state index contributed by atoms with van der Waals surface area (Å²) >= 11 is 1.67. The molecule has 0 saturated carbocycles. The zero-order valence-corrected chi connectivity index (χ0v) is 13.0. The molecule has 1 heterocycles. The number of hydrogen-bond acceptors (Lipinski definition) is 4. The van der Waals surface area contributed by atoms with Gasteiger partial charge in [-0.05, 0) is 38.8 Å². The van der Waals surface area contributed by atoms with E-state index in [0.717, 1.165) is 22.6 Å². The highest BCUT2D eigenvalue weighted by Crippen LogP contribution is 2.36. The average Bonchev–Trinajstić information content (AvgIpc) is 2.84. The van der Waals surface area contributed by atoms with Crippen LogP contribution in [0.15, 0.2) is 12.3 Å². The van der Waals surface area contributed by atoms with Crippen LogP contribution in [0.1, 0.15) is 32.1 Å². The van der Waals surface area contributed by atoms with Crippen molar-refractivity contribution < 1.29 is 10.2 Å². The van der Waals surface area contributed by atoms with Crippen LogP contribution < -0.4 is 0 Å². The van der Waals surface area contributed by atoms with Crippen LogP contribution in [0.25, 0.3) is 6.08 Å². The molecule has 1 aromatic carbocycles. The van der Waals surface area contributed by atoms with E-state index in [1.165, 1.54) is 4.88 Å². The molecule has 0 amide bonds. The molecule has 106 valence electrons. The van der Waals surface area contributed by atoms with Gasteiger partial charge in [0, 0.05) is 28.6 Å². The molecule has 0 unspecified atom stereocenters. The van der Waals surface area contributed by atoms with Gasteiger partial charge in [0.2, 0.25) is 0 Å². The molecule has 0 radical (unpaired) electrons. The van der Waals surface area contributed by atoms with E-state index in [2.05, 4.69) is 4.98 Å². The van der Waals surface area contributed by atoms with Gasteiger partial charge in [-0.3, -0.25) is 0 Å². The largest absolute Gasteiger partial charge is 0.507 e. The maximum absolute atomic E-state index is 10.2. The highest BCUT2D eigenvalue weighted by Gasteiger charge is 2.14. The fourth-order valence-corrected chi connectivity index (χ4v) is 2.88. The first kappa shape index (κ1) is 14.6. The molecule has 4 heteroatoms. The number of rotatable bonds is 3. The molecule has 3 nitrogen and oxygen atoms in total. The predicted octanol–water partition coefficient (Wildman–Crippen LogP) is 4.04. The third-order valence-electron chi connectivity index (χ3n) is 3.53. The number of phenols is 2. The van der Waals surface area contributed by atoms with Crippen LogP contribution in [-0.2, 0) is 6.42 Å². The van der Waals surface area contributed by atoms with Crippen LogP contribution in [-0.4, -0.2) is 15.2 Å². The first-order valence-electron chi connectivity index (χ1n) is 6.51. The highest BCUT2D eigenvalue weighted by atomic mass is 32.1. The van der Waals surface area contributed by atoms with E-state index in [0.29, 0.717) is 11.1 Å². The molecule has 2 N–H and O–H groups in total. The number of benzene rings is 1. The Morgan fingerprint density at radius 1 is 1.05 bits per heavy atom. The van der Waals surface area contributed by atoms with Crippen molar-refractivity contribution in [2.75, 3.05) is 0 Å². The number of aromatic nitrogens is 1. The molecule has 0 aliphatic heterocycles. The molecular formula is C16H19NO2S. The number of aromatic hydroxyl groups is 2. The number of thiazole rings is 1. The Morgan fingerprint density at radius 2 is 1.70 bits per heavy atom. The summed E-state index contributed by atoms with van der Waals surface area (Å²) in [6.07, 6.45) is 6.41. The van der Waals surface area contributed by atoms with Gasteiger partial charge in [0.25, 0.3) is 0 Å². The van der Waals surface area contributed by atoms with Crippen LogP contribution >= 0.6 is 11.3 Å². The SMILES string of the molecule is Cc1cnc(C/C=C/c2c(C)c(O)c(C)c(C)c2O)s1. The Hall–Kier alpha value is -1.81. The summed E-state index contributed by atoms with van der Waals surface area (Å²) in [5.74, 6) is 0.495. The van der Waals surface area contributed by atoms with Crippen LogP contribution in [0.3, 0.4) is 0 Å². The van der Waals surface area contributed by atoms with Crippen molar-refractivity contribution in [1.29, 1.82) is 0 Å². The van der Waals surface area contributed by atoms with Gasteiger partial charge in [-0.25, -0.2) is 4.98 Å². The van der Waals surface area contributed by atoms with E-state index < -0.39 is 0 Å². The number of aryl methyl sites for hydroxylation is 1. The van der Waals surface area contributed by atoms with Crippen LogP contribution in [0.4, 0.5) is 0 Å². The van der Waals surface area contributed by atoms with E-state index in [-0.39, 0.29) is 11.5 Å². The van der Waals surface area contributed by atoms with Gasteiger partial charge >= 0.3 is 0 Å². The lowest BCUT2D eigenvalue weighted by Gasteiger charge is -2.13. The van der Waals surface area contributed by atoms with Crippen molar-refractivity contribution in [3.05, 3.63) is 44.4 Å². The summed E-state index contributed by atoms with van der Waals surface area (Å²) in [6, 6.07) is 0. The van der Waals surface area contributed by atoms with Crippen molar-refractivity contribution in [1.82, 2.24) is 4.98 Å². The Labute approximate surface area is 123 Å². The van der Waals surface area contributed by atoms with Gasteiger partial charge in [-0.1, -0.05) is 12.2 Å². The normalized spacial score (nSPS) is 11.4. The maximum atomic E-state index is 10.2. The minimum atomic E-state index is 0.240. The molecule has 1 aromatic heterocycles. The third kappa shape index (κ3) is 2.70. The molecule has 0 saturated heterocycles. The Balaban J connectivity index is 2.29. The van der Waals surface area contributed by atoms with Crippen molar-refractivity contribution in [3.63, 3.8) is 0 Å². The lowest BCUT2D eigenvalue weighted by atomic mass is 9.97. The average molecular weight is 289 g/mol. The number of allylic oxidation sites excluding steroid dienone is 1. The van der Waals surface area contributed by atoms with E-state index in [9.17, 15) is 10.2 Å². The summed E-state index contributed by atoms with van der Waals surface area (Å²) in [7, 11) is 0. The summed E-state index contributed by atoms with van der Waals surface area (Å²) in [5, 5.41) is 21.3. The molecule has 0 atom stereocenters. The lowest BCUT2D eigenvalue weighted by Crippen LogP contribution is -1.92. The number of nitrogens with zero attached hydrogens (tertiary/aromatic N) is 1. The van der Waals surface area contributed by atoms with E-state index in [1.54, 1.807) is 11.3 Å². The molecule has 2 aromatic rings. The van der Waals surface area contributed by atoms with Gasteiger partial charge in [0.05, 0.1) is 5.01 Å². The first-order chi connectivity index (χ1) is 9.41. The second-order valence-corrected chi connectivity index (χ2v) is 6.28. The molecule has 0 spiro atoms. The van der Waals surface area contributed by atoms with Gasteiger partial charge in [-0.15, -0.1) is 11.3 Å². The standard InChI is InChI=1S/C16H19NO2S/c1-9-8-17-14(20-9)7-5-6-13-12(4)15(18)10(2)11(3)16(13)19/h5-6,8,18-19H,7H2,1-4H3/b6-5+. The molecule has 2 rings (SSSR count). The van der Waals surface area contributed by atoms with Crippen molar-refractivity contribution in [2.24, 2.45) is 0 Å². The Morgan fingerprint density at radius 3 is 2.30 bits per heavy atom. The van der Waals surface area contributed by atoms with Crippen molar-refractivity contribution in [3.8, 4) is 11.5 Å². The summed E-state index contributed by atoms with van der Waals surface area (Å²) < 4.78 is 0. The maximum Gasteiger partial charge on any atom is 0.126 e. The van der Waals surface area contributed by atoms with E-state index in [4.69, 9.17) is 0 Å². The predicted molar refractivity (Wildman–Crippen MR) is 83.6 cm³/mol. The monoisotopic (exact) mass is 289 g/mol. The Bertz CT molecular complexity index is 642. The highest BCUT2D eigenvalue weighted by molar-refractivity contribution is 7.11. The molecule has 0 aliphatic carbocycles.